The number of carbonyl (C=O) groups is 1. The van der Waals surface area contributed by atoms with Crippen LogP contribution in [0.3, 0.4) is 0 Å². The van der Waals surface area contributed by atoms with Gasteiger partial charge in [-0.2, -0.15) is 0 Å². The fourth-order valence-corrected chi connectivity index (χ4v) is 3.04. The quantitative estimate of drug-likeness (QED) is 0.445. The molecule has 0 aliphatic heterocycles. The van der Waals surface area contributed by atoms with Crippen molar-refractivity contribution in [3.05, 3.63) is 75.4 Å². The largest absolute Gasteiger partial charge is 0.489 e. The normalized spacial score (nSPS) is 11.4. The van der Waals surface area contributed by atoms with E-state index in [-0.39, 0.29) is 4.91 Å². The van der Waals surface area contributed by atoms with Gasteiger partial charge in [-0.3, -0.25) is 5.10 Å². The molecule has 0 atom stereocenters. The van der Waals surface area contributed by atoms with E-state index in [1.54, 1.807) is 37.3 Å². The van der Waals surface area contributed by atoms with Gasteiger partial charge in [-0.15, -0.1) is 5.10 Å². The molecule has 0 saturated heterocycles. The third-order valence-corrected chi connectivity index (χ3v) is 4.61. The van der Waals surface area contributed by atoms with E-state index in [0.717, 1.165) is 22.9 Å². The van der Waals surface area contributed by atoms with Crippen LogP contribution < -0.4 is 4.74 Å². The van der Waals surface area contributed by atoms with Crippen molar-refractivity contribution < 1.29 is 14.6 Å². The van der Waals surface area contributed by atoms with Gasteiger partial charge < -0.3 is 9.84 Å². The summed E-state index contributed by atoms with van der Waals surface area (Å²) in [6.07, 6.45) is 1.57. The molecule has 1 aromatic heterocycles. The van der Waals surface area contributed by atoms with Gasteiger partial charge in [-0.05, 0) is 60.2 Å². The maximum atomic E-state index is 11.5. The van der Waals surface area contributed by atoms with E-state index in [4.69, 9.17) is 16.3 Å². The predicted octanol–water partition coefficient (Wildman–Crippen LogP) is 4.56. The molecule has 0 unspecified atom stereocenters. The Morgan fingerprint density at radius 3 is 2.52 bits per heavy atom. The highest BCUT2D eigenvalue weighted by Crippen LogP contribution is 2.26. The molecule has 0 bridgehead atoms. The molecule has 0 aliphatic rings. The first-order chi connectivity index (χ1) is 13.0. The van der Waals surface area contributed by atoms with Crippen LogP contribution in [-0.4, -0.2) is 26.3 Å². The van der Waals surface area contributed by atoms with Crippen molar-refractivity contribution in [2.75, 3.05) is 0 Å². The van der Waals surface area contributed by atoms with Gasteiger partial charge in [-0.25, -0.2) is 9.78 Å². The van der Waals surface area contributed by atoms with E-state index in [0.29, 0.717) is 28.4 Å². The number of aryl methyl sites for hydroxylation is 1. The van der Waals surface area contributed by atoms with Gasteiger partial charge in [0.2, 0.25) is 5.16 Å². The fourth-order valence-electron chi connectivity index (χ4n) is 2.16. The number of hydrogen-bond donors (Lipinski definition) is 2. The molecule has 0 saturated carbocycles. The third kappa shape index (κ3) is 5.60. The Balaban J connectivity index is 1.66. The number of aliphatic carboxylic acids is 1. The number of nitrogens with one attached hydrogen (secondary N) is 1. The summed E-state index contributed by atoms with van der Waals surface area (Å²) in [5, 5.41) is 17.1. The van der Waals surface area contributed by atoms with Crippen LogP contribution in [0.2, 0.25) is 5.02 Å². The summed E-state index contributed by atoms with van der Waals surface area (Å²) >= 11 is 6.85. The zero-order valence-corrected chi connectivity index (χ0v) is 15.9. The van der Waals surface area contributed by atoms with Crippen molar-refractivity contribution in [2.45, 2.75) is 18.7 Å². The second-order valence-corrected chi connectivity index (χ2v) is 7.05. The molecule has 2 N–H and O–H groups in total. The molecule has 3 aromatic rings. The standard InChI is InChI=1S/C19H16ClN3O3S/c1-12-21-19(23-22-12)27-17(18(24)25)10-13-4-8-16(9-5-13)26-11-14-2-6-15(20)7-3-14/h2-10H,11H2,1H3,(H,24,25)(H,21,22,23). The molecule has 0 radical (unpaired) electrons. The van der Waals surface area contributed by atoms with E-state index in [2.05, 4.69) is 15.2 Å². The Bertz CT molecular complexity index is 953. The number of carboxylic acid groups (broad SMARTS) is 1. The number of H-pyrrole nitrogens is 1. The molecule has 6 nitrogen and oxygen atoms in total. The smallest absolute Gasteiger partial charge is 0.342 e. The zero-order valence-electron chi connectivity index (χ0n) is 14.3. The first-order valence-corrected chi connectivity index (χ1v) is 9.18. The second kappa shape index (κ2) is 8.75. The van der Waals surface area contributed by atoms with Crippen LogP contribution in [0.25, 0.3) is 6.08 Å². The minimum Gasteiger partial charge on any atom is -0.489 e. The van der Waals surface area contributed by atoms with E-state index >= 15 is 0 Å². The number of halogens is 1. The van der Waals surface area contributed by atoms with Crippen molar-refractivity contribution in [3.8, 4) is 5.75 Å². The maximum Gasteiger partial charge on any atom is 0.342 e. The molecule has 1 heterocycles. The Hall–Kier alpha value is -2.77. The van der Waals surface area contributed by atoms with Gasteiger partial charge >= 0.3 is 5.97 Å². The summed E-state index contributed by atoms with van der Waals surface area (Å²) in [4.78, 5) is 15.7. The molecule has 0 amide bonds. The second-order valence-electron chi connectivity index (χ2n) is 5.60. The number of nitrogens with zero attached hydrogens (tertiary/aromatic N) is 2. The van der Waals surface area contributed by atoms with Crippen molar-refractivity contribution in [1.82, 2.24) is 15.2 Å². The van der Waals surface area contributed by atoms with Crippen LogP contribution in [0, 0.1) is 6.92 Å². The molecular weight excluding hydrogens is 386 g/mol. The number of thioether (sulfide) groups is 1. The minimum atomic E-state index is -1.04. The number of ether oxygens (including phenoxy) is 1. The zero-order chi connectivity index (χ0) is 19.2. The third-order valence-electron chi connectivity index (χ3n) is 3.49. The molecule has 0 spiro atoms. The van der Waals surface area contributed by atoms with Crippen molar-refractivity contribution in [1.29, 1.82) is 0 Å². The Morgan fingerprint density at radius 1 is 1.22 bits per heavy atom. The van der Waals surface area contributed by atoms with E-state index < -0.39 is 5.97 Å². The molecule has 27 heavy (non-hydrogen) atoms. The van der Waals surface area contributed by atoms with Crippen LogP contribution in [0.15, 0.2) is 58.6 Å². The molecule has 8 heteroatoms. The molecule has 0 fully saturated rings. The average Bonchev–Trinajstić information content (AvgIpc) is 3.06. The predicted molar refractivity (Wildman–Crippen MR) is 105 cm³/mol. The van der Waals surface area contributed by atoms with Crippen LogP contribution in [0.1, 0.15) is 17.0 Å². The van der Waals surface area contributed by atoms with Crippen LogP contribution in [0.4, 0.5) is 0 Å². The Labute approximate surface area is 165 Å². The lowest BCUT2D eigenvalue weighted by Gasteiger charge is -2.07. The number of aromatic nitrogens is 3. The Morgan fingerprint density at radius 2 is 1.93 bits per heavy atom. The highest BCUT2D eigenvalue weighted by Gasteiger charge is 2.13. The van der Waals surface area contributed by atoms with E-state index in [1.807, 2.05) is 24.3 Å². The maximum absolute atomic E-state index is 11.5. The summed E-state index contributed by atoms with van der Waals surface area (Å²) in [7, 11) is 0. The highest BCUT2D eigenvalue weighted by molar-refractivity contribution is 8.04. The first-order valence-electron chi connectivity index (χ1n) is 7.99. The van der Waals surface area contributed by atoms with Gasteiger partial charge in [0.15, 0.2) is 0 Å². The van der Waals surface area contributed by atoms with Crippen molar-refractivity contribution >= 4 is 35.4 Å². The summed E-state index contributed by atoms with van der Waals surface area (Å²) in [5.74, 6) is 0.283. The topological polar surface area (TPSA) is 88.1 Å². The van der Waals surface area contributed by atoms with Crippen LogP contribution >= 0.6 is 23.4 Å². The lowest BCUT2D eigenvalue weighted by Crippen LogP contribution is -1.97. The van der Waals surface area contributed by atoms with Gasteiger partial charge in [0, 0.05) is 5.02 Å². The molecule has 3 rings (SSSR count). The highest BCUT2D eigenvalue weighted by atomic mass is 35.5. The minimum absolute atomic E-state index is 0.129. The summed E-state index contributed by atoms with van der Waals surface area (Å²) < 4.78 is 5.73. The van der Waals surface area contributed by atoms with E-state index in [9.17, 15) is 9.90 Å². The molecule has 0 aliphatic carbocycles. The molecule has 138 valence electrons. The lowest BCUT2D eigenvalue weighted by atomic mass is 10.2. The van der Waals surface area contributed by atoms with Gasteiger partial charge in [0.25, 0.3) is 0 Å². The van der Waals surface area contributed by atoms with E-state index in [1.165, 1.54) is 0 Å². The monoisotopic (exact) mass is 401 g/mol. The van der Waals surface area contributed by atoms with Crippen LogP contribution in [-0.2, 0) is 11.4 Å². The molecule has 2 aromatic carbocycles. The van der Waals surface area contributed by atoms with Crippen LogP contribution in [0.5, 0.6) is 5.75 Å². The number of aromatic amines is 1. The fraction of sp³-hybridized carbons (Fsp3) is 0.105. The summed E-state index contributed by atoms with van der Waals surface area (Å²) in [6.45, 7) is 2.18. The number of benzene rings is 2. The van der Waals surface area contributed by atoms with Gasteiger partial charge in [0.05, 0.1) is 0 Å². The SMILES string of the molecule is Cc1nc(SC(=Cc2ccc(OCc3ccc(Cl)cc3)cc2)C(=O)O)n[nH]1. The van der Waals surface area contributed by atoms with Gasteiger partial charge in [-0.1, -0.05) is 35.9 Å². The Kier molecular flexibility index (Phi) is 6.16. The summed E-state index contributed by atoms with van der Waals surface area (Å²) in [5.41, 5.74) is 1.75. The van der Waals surface area contributed by atoms with Crippen molar-refractivity contribution in [2.24, 2.45) is 0 Å². The molecular formula is C19H16ClN3O3S. The van der Waals surface area contributed by atoms with Crippen molar-refractivity contribution in [3.63, 3.8) is 0 Å². The summed E-state index contributed by atoms with van der Waals surface area (Å²) in [6, 6.07) is 14.6. The van der Waals surface area contributed by atoms with Gasteiger partial charge in [0.1, 0.15) is 23.1 Å². The lowest BCUT2D eigenvalue weighted by molar-refractivity contribution is -0.131. The number of rotatable bonds is 7. The average molecular weight is 402 g/mol. The number of hydrogen-bond acceptors (Lipinski definition) is 5. The first kappa shape index (κ1) is 19.0. The number of carboxylic acids is 1.